The molecule has 0 unspecified atom stereocenters. The van der Waals surface area contributed by atoms with Crippen LogP contribution >= 0.6 is 11.6 Å². The first-order valence-electron chi connectivity index (χ1n) is 6.29. The average Bonchev–Trinajstić information content (AvgIpc) is 2.89. The van der Waals surface area contributed by atoms with Crippen LogP contribution in [0.1, 0.15) is 31.2 Å². The number of methoxy groups -OCH3 is 2. The number of halogens is 2. The van der Waals surface area contributed by atoms with Crippen LogP contribution in [-0.2, 0) is 10.3 Å². The Kier molecular flexibility index (Phi) is 4.31. The van der Waals surface area contributed by atoms with Crippen molar-refractivity contribution in [3.8, 4) is 11.5 Å². The van der Waals surface area contributed by atoms with Gasteiger partial charge in [-0.05, 0) is 18.9 Å². The van der Waals surface area contributed by atoms with Gasteiger partial charge in [0.15, 0.2) is 11.5 Å². The Morgan fingerprint density at radius 3 is 2.40 bits per heavy atom. The van der Waals surface area contributed by atoms with Gasteiger partial charge in [0.05, 0.1) is 19.2 Å². The maximum absolute atomic E-state index is 14.4. The second kappa shape index (κ2) is 5.81. The van der Waals surface area contributed by atoms with Gasteiger partial charge in [0.1, 0.15) is 5.54 Å². The number of nitrogens with zero attached hydrogens (tertiary/aromatic N) is 1. The molecule has 0 aliphatic heterocycles. The summed E-state index contributed by atoms with van der Waals surface area (Å²) in [7, 11) is 2.70. The third-order valence-corrected chi connectivity index (χ3v) is 4.01. The monoisotopic (exact) mass is 299 g/mol. The van der Waals surface area contributed by atoms with Gasteiger partial charge in [-0.25, -0.2) is 4.79 Å². The van der Waals surface area contributed by atoms with E-state index >= 15 is 0 Å². The topological polar surface area (TPSA) is 47.9 Å². The van der Waals surface area contributed by atoms with E-state index in [0.29, 0.717) is 18.4 Å². The van der Waals surface area contributed by atoms with Gasteiger partial charge in [-0.2, -0.15) is 9.38 Å². The molecule has 108 valence electrons. The number of aliphatic imine (C=N–C) groups is 1. The molecule has 1 fully saturated rings. The number of isocyanates is 1. The molecule has 0 spiro atoms. The van der Waals surface area contributed by atoms with Crippen molar-refractivity contribution in [2.45, 2.75) is 31.2 Å². The summed E-state index contributed by atoms with van der Waals surface area (Å²) in [6.07, 6.45) is 4.67. The number of carbonyl (C=O) groups excluding carboxylic acids is 1. The SMILES string of the molecule is COc1c(Cl)cc(C2(N=C=O)CCCC2)c(OC)c1F. The van der Waals surface area contributed by atoms with E-state index in [9.17, 15) is 9.18 Å². The lowest BCUT2D eigenvalue weighted by Gasteiger charge is -2.26. The quantitative estimate of drug-likeness (QED) is 0.630. The van der Waals surface area contributed by atoms with Crippen LogP contribution in [0.25, 0.3) is 0 Å². The minimum absolute atomic E-state index is 0.0205. The number of ether oxygens (including phenoxy) is 2. The van der Waals surface area contributed by atoms with Gasteiger partial charge >= 0.3 is 0 Å². The van der Waals surface area contributed by atoms with Crippen LogP contribution in [0.2, 0.25) is 5.02 Å². The Bertz CT molecular complexity index is 564. The van der Waals surface area contributed by atoms with Crippen molar-refractivity contribution in [2.24, 2.45) is 4.99 Å². The Hall–Kier alpha value is -1.58. The predicted octanol–water partition coefficient (Wildman–Crippen LogP) is 3.60. The van der Waals surface area contributed by atoms with Crippen LogP contribution in [0.4, 0.5) is 4.39 Å². The fraction of sp³-hybridized carbons (Fsp3) is 0.500. The van der Waals surface area contributed by atoms with Gasteiger partial charge in [0.25, 0.3) is 0 Å². The lowest BCUT2D eigenvalue weighted by atomic mass is 9.88. The molecular weight excluding hydrogens is 285 g/mol. The molecule has 1 aromatic carbocycles. The van der Waals surface area contributed by atoms with E-state index in [4.69, 9.17) is 21.1 Å². The molecule has 0 aromatic heterocycles. The van der Waals surface area contributed by atoms with Crippen LogP contribution in [0.3, 0.4) is 0 Å². The zero-order valence-electron chi connectivity index (χ0n) is 11.3. The molecule has 0 amide bonds. The molecule has 4 nitrogen and oxygen atoms in total. The average molecular weight is 300 g/mol. The van der Waals surface area contributed by atoms with Crippen LogP contribution in [-0.4, -0.2) is 20.3 Å². The molecule has 1 saturated carbocycles. The highest BCUT2D eigenvalue weighted by molar-refractivity contribution is 6.32. The summed E-state index contributed by atoms with van der Waals surface area (Å²) in [5.41, 5.74) is -0.326. The van der Waals surface area contributed by atoms with Crippen molar-refractivity contribution in [1.29, 1.82) is 0 Å². The predicted molar refractivity (Wildman–Crippen MR) is 72.8 cm³/mol. The molecule has 0 bridgehead atoms. The molecule has 0 saturated heterocycles. The maximum Gasteiger partial charge on any atom is 0.235 e. The first-order valence-corrected chi connectivity index (χ1v) is 6.67. The van der Waals surface area contributed by atoms with Crippen molar-refractivity contribution in [3.63, 3.8) is 0 Å². The van der Waals surface area contributed by atoms with Crippen molar-refractivity contribution < 1.29 is 18.7 Å². The number of hydrogen-bond acceptors (Lipinski definition) is 4. The fourth-order valence-corrected chi connectivity index (χ4v) is 3.07. The van der Waals surface area contributed by atoms with E-state index in [1.54, 1.807) is 12.1 Å². The molecule has 0 radical (unpaired) electrons. The first-order chi connectivity index (χ1) is 9.59. The molecule has 20 heavy (non-hydrogen) atoms. The van der Waals surface area contributed by atoms with Gasteiger partial charge in [0.2, 0.25) is 11.9 Å². The Balaban J connectivity index is 2.69. The van der Waals surface area contributed by atoms with E-state index < -0.39 is 11.4 Å². The largest absolute Gasteiger partial charge is 0.493 e. The molecule has 1 aromatic rings. The summed E-state index contributed by atoms with van der Waals surface area (Å²) < 4.78 is 24.5. The highest BCUT2D eigenvalue weighted by Crippen LogP contribution is 2.49. The Labute approximate surface area is 121 Å². The highest BCUT2D eigenvalue weighted by Gasteiger charge is 2.40. The summed E-state index contributed by atoms with van der Waals surface area (Å²) in [6, 6.07) is 1.56. The second-order valence-corrected chi connectivity index (χ2v) is 5.14. The van der Waals surface area contributed by atoms with Crippen LogP contribution in [0.5, 0.6) is 11.5 Å². The van der Waals surface area contributed by atoms with Crippen LogP contribution in [0, 0.1) is 5.82 Å². The second-order valence-electron chi connectivity index (χ2n) is 4.73. The number of benzene rings is 1. The molecule has 2 rings (SSSR count). The van der Waals surface area contributed by atoms with Gasteiger partial charge in [-0.3, -0.25) is 0 Å². The zero-order valence-corrected chi connectivity index (χ0v) is 12.1. The van der Waals surface area contributed by atoms with E-state index in [0.717, 1.165) is 12.8 Å². The zero-order chi connectivity index (χ0) is 14.8. The van der Waals surface area contributed by atoms with Gasteiger partial charge in [-0.15, -0.1) is 0 Å². The third kappa shape index (κ3) is 2.28. The van der Waals surface area contributed by atoms with Gasteiger partial charge in [0, 0.05) is 5.56 Å². The minimum Gasteiger partial charge on any atom is -0.493 e. The van der Waals surface area contributed by atoms with Crippen molar-refractivity contribution in [1.82, 2.24) is 0 Å². The molecule has 1 aliphatic rings. The van der Waals surface area contributed by atoms with E-state index in [-0.39, 0.29) is 16.5 Å². The summed E-state index contributed by atoms with van der Waals surface area (Å²) >= 11 is 6.04. The molecule has 0 atom stereocenters. The van der Waals surface area contributed by atoms with E-state index in [1.165, 1.54) is 14.2 Å². The normalized spacial score (nSPS) is 16.6. The van der Waals surface area contributed by atoms with Gasteiger partial charge in [-0.1, -0.05) is 24.4 Å². The fourth-order valence-electron chi connectivity index (χ4n) is 2.80. The summed E-state index contributed by atoms with van der Waals surface area (Å²) in [4.78, 5) is 14.7. The van der Waals surface area contributed by atoms with Crippen molar-refractivity contribution in [3.05, 3.63) is 22.5 Å². The molecule has 0 heterocycles. The van der Waals surface area contributed by atoms with Crippen molar-refractivity contribution in [2.75, 3.05) is 14.2 Å². The lowest BCUT2D eigenvalue weighted by Crippen LogP contribution is -2.21. The Morgan fingerprint density at radius 2 is 1.90 bits per heavy atom. The minimum atomic E-state index is -0.802. The highest BCUT2D eigenvalue weighted by atomic mass is 35.5. The molecular formula is C14H15ClFNO3. The summed E-state index contributed by atoms with van der Waals surface area (Å²) in [6.45, 7) is 0. The maximum atomic E-state index is 14.4. The van der Waals surface area contributed by atoms with Crippen LogP contribution in [0.15, 0.2) is 11.1 Å². The molecule has 0 N–H and O–H groups in total. The summed E-state index contributed by atoms with van der Waals surface area (Å²) in [5, 5.41) is 0.133. The third-order valence-electron chi connectivity index (χ3n) is 3.73. The molecule has 1 aliphatic carbocycles. The van der Waals surface area contributed by atoms with Crippen molar-refractivity contribution >= 4 is 17.7 Å². The van der Waals surface area contributed by atoms with E-state index in [1.807, 2.05) is 0 Å². The number of hydrogen-bond donors (Lipinski definition) is 0. The molecule has 6 heteroatoms. The summed E-state index contributed by atoms with van der Waals surface area (Å²) in [5.74, 6) is -0.729. The Morgan fingerprint density at radius 1 is 1.30 bits per heavy atom. The lowest BCUT2D eigenvalue weighted by molar-refractivity contribution is 0.334. The van der Waals surface area contributed by atoms with E-state index in [2.05, 4.69) is 4.99 Å². The van der Waals surface area contributed by atoms with Gasteiger partial charge < -0.3 is 9.47 Å². The number of rotatable bonds is 4. The van der Waals surface area contributed by atoms with Crippen LogP contribution < -0.4 is 9.47 Å². The first kappa shape index (κ1) is 14.8. The smallest absolute Gasteiger partial charge is 0.235 e. The standard InChI is InChI=1S/C14H15ClFNO3/c1-19-12-9(7-10(15)13(20-2)11(12)16)14(17-8-18)5-3-4-6-14/h7H,3-6H2,1-2H3.